The van der Waals surface area contributed by atoms with Crippen molar-refractivity contribution in [3.63, 3.8) is 0 Å². The minimum absolute atomic E-state index is 0.0539. The topological polar surface area (TPSA) is 55.8 Å². The zero-order chi connectivity index (χ0) is 22.9. The summed E-state index contributed by atoms with van der Waals surface area (Å²) in [6, 6.07) is 12.9. The van der Waals surface area contributed by atoms with Gasteiger partial charge in [0.15, 0.2) is 11.6 Å². The fourth-order valence-electron chi connectivity index (χ4n) is 3.63. The Morgan fingerprint density at radius 1 is 1.06 bits per heavy atom. The number of halogens is 3. The summed E-state index contributed by atoms with van der Waals surface area (Å²) in [5.41, 5.74) is 1.56. The number of sulfonamides is 1. The number of hydrogen-bond donors (Lipinski definition) is 0. The third-order valence-corrected chi connectivity index (χ3v) is 7.45. The maximum Gasteiger partial charge on any atom is 0.264 e. The molecule has 0 fully saturated rings. The SMILES string of the molecule is COc1cc(S(=O)(=O)N2CCCc3cc(OCc4c(F)cccc4Cl)ccc32)ccc1F. The van der Waals surface area contributed by atoms with Gasteiger partial charge in [-0.1, -0.05) is 17.7 Å². The Bertz CT molecular complexity index is 1250. The number of nitrogens with zero attached hydrogens (tertiary/aromatic N) is 1. The third kappa shape index (κ3) is 4.25. The average Bonchev–Trinajstić information content (AvgIpc) is 2.78. The smallest absolute Gasteiger partial charge is 0.264 e. The molecule has 0 unspecified atom stereocenters. The second kappa shape index (κ2) is 8.96. The van der Waals surface area contributed by atoms with E-state index in [1.807, 2.05) is 0 Å². The van der Waals surface area contributed by atoms with Gasteiger partial charge in [0, 0.05) is 18.2 Å². The molecule has 0 atom stereocenters. The highest BCUT2D eigenvalue weighted by atomic mass is 35.5. The molecular weight excluding hydrogens is 460 g/mol. The van der Waals surface area contributed by atoms with Gasteiger partial charge in [0.2, 0.25) is 0 Å². The number of aryl methyl sites for hydroxylation is 1. The van der Waals surface area contributed by atoms with Crippen LogP contribution in [0.5, 0.6) is 11.5 Å². The number of fused-ring (bicyclic) bond motifs is 1. The van der Waals surface area contributed by atoms with E-state index in [9.17, 15) is 17.2 Å². The zero-order valence-electron chi connectivity index (χ0n) is 17.1. The Kier molecular flexibility index (Phi) is 6.26. The second-order valence-corrected chi connectivity index (χ2v) is 9.53. The van der Waals surface area contributed by atoms with Gasteiger partial charge in [-0.3, -0.25) is 4.31 Å². The first-order valence-corrected chi connectivity index (χ1v) is 11.7. The predicted octanol–water partition coefficient (Wildman–Crippen LogP) is 5.35. The Morgan fingerprint density at radius 2 is 1.88 bits per heavy atom. The molecule has 9 heteroatoms. The maximum absolute atomic E-state index is 14.0. The summed E-state index contributed by atoms with van der Waals surface area (Å²) in [5.74, 6) is -0.755. The van der Waals surface area contributed by atoms with E-state index in [0.717, 1.165) is 11.6 Å². The first kappa shape index (κ1) is 22.4. The number of methoxy groups -OCH3 is 1. The van der Waals surface area contributed by atoms with E-state index in [0.29, 0.717) is 30.8 Å². The van der Waals surface area contributed by atoms with Crippen LogP contribution in [0.25, 0.3) is 0 Å². The van der Waals surface area contributed by atoms with Gasteiger partial charge in [-0.2, -0.15) is 0 Å². The van der Waals surface area contributed by atoms with Crippen LogP contribution in [0.4, 0.5) is 14.5 Å². The van der Waals surface area contributed by atoms with E-state index < -0.39 is 21.7 Å². The fraction of sp³-hybridized carbons (Fsp3) is 0.217. The lowest BCUT2D eigenvalue weighted by Gasteiger charge is -2.31. The number of benzene rings is 3. The molecule has 3 aromatic rings. The van der Waals surface area contributed by atoms with Crippen molar-refractivity contribution in [3.05, 3.63) is 82.4 Å². The van der Waals surface area contributed by atoms with Gasteiger partial charge >= 0.3 is 0 Å². The average molecular weight is 480 g/mol. The quantitative estimate of drug-likeness (QED) is 0.478. The minimum atomic E-state index is -3.93. The lowest BCUT2D eigenvalue weighted by atomic mass is 10.0. The van der Waals surface area contributed by atoms with Crippen LogP contribution in [0, 0.1) is 11.6 Å². The molecular formula is C23H20ClF2NO4S. The highest BCUT2D eigenvalue weighted by molar-refractivity contribution is 7.92. The first-order chi connectivity index (χ1) is 15.3. The van der Waals surface area contributed by atoms with Crippen molar-refractivity contribution in [2.24, 2.45) is 0 Å². The Hall–Kier alpha value is -2.84. The number of ether oxygens (including phenoxy) is 2. The fourth-order valence-corrected chi connectivity index (χ4v) is 5.41. The molecule has 5 nitrogen and oxygen atoms in total. The minimum Gasteiger partial charge on any atom is -0.494 e. The van der Waals surface area contributed by atoms with E-state index in [2.05, 4.69) is 0 Å². The number of hydrogen-bond acceptors (Lipinski definition) is 4. The van der Waals surface area contributed by atoms with E-state index in [1.54, 1.807) is 24.3 Å². The summed E-state index contributed by atoms with van der Waals surface area (Å²) >= 11 is 6.04. The predicted molar refractivity (Wildman–Crippen MR) is 118 cm³/mol. The molecule has 0 bridgehead atoms. The largest absolute Gasteiger partial charge is 0.494 e. The molecule has 0 saturated heterocycles. The Labute approximate surface area is 190 Å². The lowest BCUT2D eigenvalue weighted by molar-refractivity contribution is 0.299. The summed E-state index contributed by atoms with van der Waals surface area (Å²) in [7, 11) is -2.65. The zero-order valence-corrected chi connectivity index (χ0v) is 18.7. The molecule has 3 aromatic carbocycles. The molecule has 0 aromatic heterocycles. The molecule has 0 saturated carbocycles. The number of rotatable bonds is 6. The van der Waals surface area contributed by atoms with Gasteiger partial charge < -0.3 is 9.47 Å². The standard InChI is InChI=1S/C23H20ClF2NO4S/c1-30-23-13-17(8-9-21(23)26)32(28,29)27-11-3-4-15-12-16(7-10-22(15)27)31-14-18-19(24)5-2-6-20(18)25/h2,5-10,12-13H,3-4,11,14H2,1H3. The van der Waals surface area contributed by atoms with Crippen LogP contribution >= 0.6 is 11.6 Å². The summed E-state index contributed by atoms with van der Waals surface area (Å²) in [4.78, 5) is -0.0573. The van der Waals surface area contributed by atoms with Crippen molar-refractivity contribution in [1.82, 2.24) is 0 Å². The van der Waals surface area contributed by atoms with Crippen molar-refractivity contribution >= 4 is 27.3 Å². The lowest BCUT2D eigenvalue weighted by Crippen LogP contribution is -2.35. The van der Waals surface area contributed by atoms with Crippen molar-refractivity contribution in [2.45, 2.75) is 24.3 Å². The molecule has 0 spiro atoms. The monoisotopic (exact) mass is 479 g/mol. The van der Waals surface area contributed by atoms with E-state index in [1.165, 1.54) is 35.7 Å². The van der Waals surface area contributed by atoms with Crippen molar-refractivity contribution in [2.75, 3.05) is 18.0 Å². The summed E-state index contributed by atoms with van der Waals surface area (Å²) in [6.07, 6.45) is 1.26. The van der Waals surface area contributed by atoms with Gasteiger partial charge in [0.05, 0.1) is 22.7 Å². The van der Waals surface area contributed by atoms with Gasteiger partial charge in [0.1, 0.15) is 18.2 Å². The summed E-state index contributed by atoms with van der Waals surface area (Å²) in [5, 5.41) is 0.273. The molecule has 1 heterocycles. The summed E-state index contributed by atoms with van der Waals surface area (Å²) < 4.78 is 66.2. The molecule has 0 aliphatic carbocycles. The van der Waals surface area contributed by atoms with Crippen LogP contribution in [0.1, 0.15) is 17.5 Å². The number of anilines is 1. The Morgan fingerprint density at radius 3 is 2.62 bits per heavy atom. The summed E-state index contributed by atoms with van der Waals surface area (Å²) in [6.45, 7) is 0.238. The first-order valence-electron chi connectivity index (χ1n) is 9.86. The van der Waals surface area contributed by atoms with E-state index in [-0.39, 0.29) is 27.8 Å². The highest BCUT2D eigenvalue weighted by Gasteiger charge is 2.30. The second-order valence-electron chi connectivity index (χ2n) is 7.26. The molecule has 0 radical (unpaired) electrons. The van der Waals surface area contributed by atoms with Crippen LogP contribution in [0.3, 0.4) is 0 Å². The maximum atomic E-state index is 14.0. The van der Waals surface area contributed by atoms with Gasteiger partial charge in [-0.25, -0.2) is 17.2 Å². The van der Waals surface area contributed by atoms with E-state index >= 15 is 0 Å². The molecule has 4 rings (SSSR count). The van der Waals surface area contributed by atoms with Crippen LogP contribution in [0.2, 0.25) is 5.02 Å². The molecule has 32 heavy (non-hydrogen) atoms. The third-order valence-electron chi connectivity index (χ3n) is 5.28. The van der Waals surface area contributed by atoms with Crippen LogP contribution in [0.15, 0.2) is 59.5 Å². The Balaban J connectivity index is 1.61. The van der Waals surface area contributed by atoms with Crippen LogP contribution in [-0.4, -0.2) is 22.1 Å². The van der Waals surface area contributed by atoms with Crippen LogP contribution in [-0.2, 0) is 23.1 Å². The van der Waals surface area contributed by atoms with Crippen molar-refractivity contribution in [1.29, 1.82) is 0 Å². The molecule has 0 N–H and O–H groups in total. The molecule has 0 amide bonds. The van der Waals surface area contributed by atoms with Gasteiger partial charge in [0.25, 0.3) is 10.0 Å². The van der Waals surface area contributed by atoms with Crippen molar-refractivity contribution < 1.29 is 26.7 Å². The van der Waals surface area contributed by atoms with E-state index in [4.69, 9.17) is 21.1 Å². The van der Waals surface area contributed by atoms with Crippen LogP contribution < -0.4 is 13.8 Å². The van der Waals surface area contributed by atoms with Crippen molar-refractivity contribution in [3.8, 4) is 11.5 Å². The highest BCUT2D eigenvalue weighted by Crippen LogP contribution is 2.35. The normalized spacial score (nSPS) is 13.6. The van der Waals surface area contributed by atoms with Gasteiger partial charge in [-0.15, -0.1) is 0 Å². The molecule has 1 aliphatic heterocycles. The molecule has 168 valence electrons. The van der Waals surface area contributed by atoms with Gasteiger partial charge in [-0.05, 0) is 60.9 Å². The molecule has 1 aliphatic rings.